The van der Waals surface area contributed by atoms with Crippen LogP contribution in [0.25, 0.3) is 0 Å². The number of nitrogens with zero attached hydrogens (tertiary/aromatic N) is 1. The Morgan fingerprint density at radius 2 is 2.05 bits per heavy atom. The van der Waals surface area contributed by atoms with Crippen molar-refractivity contribution in [2.75, 3.05) is 5.32 Å². The van der Waals surface area contributed by atoms with Crippen molar-refractivity contribution >= 4 is 29.0 Å². The monoisotopic (exact) mass is 289 g/mol. The van der Waals surface area contributed by atoms with Gasteiger partial charge in [0.15, 0.2) is 18.2 Å². The van der Waals surface area contributed by atoms with Crippen LogP contribution in [0, 0.1) is 0 Å². The van der Waals surface area contributed by atoms with Crippen LogP contribution in [0.3, 0.4) is 0 Å². The molecule has 0 atom stereocenters. The minimum Gasteiger partial charge on any atom is -0.321 e. The maximum absolute atomic E-state index is 11.9. The lowest BCUT2D eigenvalue weighted by molar-refractivity contribution is -0.684. The number of ketones is 1. The maximum atomic E-state index is 11.9. The molecular weight excluding hydrogens is 276 g/mol. The first-order valence-electron chi connectivity index (χ1n) is 6.10. The standard InChI is InChI=1S/C15H13ClN2O2/c1-11(19)12-4-3-7-18(9-12)10-15(20)17-14-6-2-5-13(16)8-14/h2-9H,10H2,1H3/p+1. The molecule has 20 heavy (non-hydrogen) atoms. The molecule has 5 heteroatoms. The molecule has 0 aliphatic carbocycles. The highest BCUT2D eigenvalue weighted by molar-refractivity contribution is 6.30. The number of pyridine rings is 1. The van der Waals surface area contributed by atoms with E-state index in [-0.39, 0.29) is 18.2 Å². The molecule has 1 N–H and O–H groups in total. The van der Waals surface area contributed by atoms with Crippen LogP contribution in [0.5, 0.6) is 0 Å². The summed E-state index contributed by atoms with van der Waals surface area (Å²) in [6.45, 7) is 1.62. The van der Waals surface area contributed by atoms with Crippen molar-refractivity contribution < 1.29 is 14.2 Å². The zero-order valence-corrected chi connectivity index (χ0v) is 11.7. The van der Waals surface area contributed by atoms with Crippen LogP contribution in [0.4, 0.5) is 5.69 Å². The van der Waals surface area contributed by atoms with Crippen molar-refractivity contribution in [2.45, 2.75) is 13.5 Å². The lowest BCUT2D eigenvalue weighted by Crippen LogP contribution is -2.40. The molecule has 0 aliphatic rings. The van der Waals surface area contributed by atoms with E-state index < -0.39 is 0 Å². The van der Waals surface area contributed by atoms with E-state index in [0.29, 0.717) is 16.3 Å². The average molecular weight is 290 g/mol. The molecule has 4 nitrogen and oxygen atoms in total. The van der Waals surface area contributed by atoms with Gasteiger partial charge in [0.1, 0.15) is 0 Å². The number of carbonyl (C=O) groups is 2. The SMILES string of the molecule is CC(=O)c1ccc[n+](CC(=O)Nc2cccc(Cl)c2)c1. The Labute approximate surface area is 122 Å². The normalized spacial score (nSPS) is 10.1. The molecule has 1 heterocycles. The zero-order chi connectivity index (χ0) is 14.5. The molecule has 0 bridgehead atoms. The fraction of sp³-hybridized carbons (Fsp3) is 0.133. The highest BCUT2D eigenvalue weighted by atomic mass is 35.5. The van der Waals surface area contributed by atoms with Gasteiger partial charge in [0.2, 0.25) is 6.54 Å². The van der Waals surface area contributed by atoms with Crippen LogP contribution >= 0.6 is 11.6 Å². The van der Waals surface area contributed by atoms with E-state index in [1.807, 2.05) is 0 Å². The predicted molar refractivity (Wildman–Crippen MR) is 76.7 cm³/mol. The summed E-state index contributed by atoms with van der Waals surface area (Å²) in [6.07, 6.45) is 3.39. The Bertz CT molecular complexity index is 656. The number of rotatable bonds is 4. The van der Waals surface area contributed by atoms with Crippen LogP contribution in [0.1, 0.15) is 17.3 Å². The number of nitrogens with one attached hydrogen (secondary N) is 1. The quantitative estimate of drug-likeness (QED) is 0.694. The lowest BCUT2D eigenvalue weighted by atomic mass is 10.2. The van der Waals surface area contributed by atoms with Gasteiger partial charge in [0.05, 0.1) is 5.56 Å². The van der Waals surface area contributed by atoms with E-state index in [4.69, 9.17) is 11.6 Å². The Morgan fingerprint density at radius 1 is 1.25 bits per heavy atom. The number of Topliss-reactive ketones (excluding diaryl/α,β-unsaturated/α-hetero) is 1. The number of carbonyl (C=O) groups excluding carboxylic acids is 2. The average Bonchev–Trinajstić information content (AvgIpc) is 2.38. The minimum atomic E-state index is -0.182. The topological polar surface area (TPSA) is 50.0 Å². The van der Waals surface area contributed by atoms with Gasteiger partial charge in [-0.25, -0.2) is 0 Å². The van der Waals surface area contributed by atoms with Gasteiger partial charge in [0, 0.05) is 16.8 Å². The highest BCUT2D eigenvalue weighted by Gasteiger charge is 2.11. The van der Waals surface area contributed by atoms with E-state index in [1.165, 1.54) is 6.92 Å². The number of hydrogen-bond donors (Lipinski definition) is 1. The molecule has 1 aromatic heterocycles. The predicted octanol–water partition coefficient (Wildman–Crippen LogP) is 2.47. The van der Waals surface area contributed by atoms with Gasteiger partial charge < -0.3 is 5.32 Å². The third-order valence-corrected chi connectivity index (χ3v) is 2.93. The van der Waals surface area contributed by atoms with Crippen LogP contribution in [0.15, 0.2) is 48.8 Å². The van der Waals surface area contributed by atoms with Crippen LogP contribution in [-0.2, 0) is 11.3 Å². The zero-order valence-electron chi connectivity index (χ0n) is 11.0. The van der Waals surface area contributed by atoms with Crippen LogP contribution < -0.4 is 9.88 Å². The fourth-order valence-electron chi connectivity index (χ4n) is 1.76. The van der Waals surface area contributed by atoms with Crippen LogP contribution in [0.2, 0.25) is 5.02 Å². The third kappa shape index (κ3) is 3.90. The van der Waals surface area contributed by atoms with Gasteiger partial charge in [0.25, 0.3) is 5.91 Å². The number of hydrogen-bond acceptors (Lipinski definition) is 2. The lowest BCUT2D eigenvalue weighted by Gasteiger charge is -2.03. The Morgan fingerprint density at radius 3 is 2.75 bits per heavy atom. The minimum absolute atomic E-state index is 0.0328. The van der Waals surface area contributed by atoms with Gasteiger partial charge in [-0.15, -0.1) is 0 Å². The summed E-state index contributed by atoms with van der Waals surface area (Å²) in [5.41, 5.74) is 1.22. The van der Waals surface area contributed by atoms with Crippen molar-refractivity contribution in [2.24, 2.45) is 0 Å². The maximum Gasteiger partial charge on any atom is 0.290 e. The molecule has 102 valence electrons. The largest absolute Gasteiger partial charge is 0.321 e. The molecular formula is C15H14ClN2O2+. The summed E-state index contributed by atoms with van der Waals surface area (Å²) >= 11 is 5.85. The van der Waals surface area contributed by atoms with Gasteiger partial charge in [-0.3, -0.25) is 9.59 Å². The molecule has 0 fully saturated rings. The van der Waals surface area contributed by atoms with E-state index in [0.717, 1.165) is 0 Å². The second-order valence-electron chi connectivity index (χ2n) is 4.38. The molecule has 0 saturated carbocycles. The molecule has 0 radical (unpaired) electrons. The van der Waals surface area contributed by atoms with Crippen molar-refractivity contribution in [3.63, 3.8) is 0 Å². The summed E-state index contributed by atoms with van der Waals surface area (Å²) in [6, 6.07) is 10.4. The van der Waals surface area contributed by atoms with E-state index in [9.17, 15) is 9.59 Å². The molecule has 0 spiro atoms. The van der Waals surface area contributed by atoms with Crippen molar-refractivity contribution in [1.29, 1.82) is 0 Å². The van der Waals surface area contributed by atoms with Crippen molar-refractivity contribution in [3.05, 3.63) is 59.4 Å². The Kier molecular flexibility index (Phi) is 4.48. The second kappa shape index (κ2) is 6.30. The summed E-state index contributed by atoms with van der Waals surface area (Å²) in [5, 5.41) is 3.31. The number of anilines is 1. The van der Waals surface area contributed by atoms with E-state index in [1.54, 1.807) is 53.4 Å². The van der Waals surface area contributed by atoms with Crippen molar-refractivity contribution in [3.8, 4) is 0 Å². The van der Waals surface area contributed by atoms with Crippen LogP contribution in [-0.4, -0.2) is 11.7 Å². The number of aromatic nitrogens is 1. The smallest absolute Gasteiger partial charge is 0.290 e. The molecule has 1 amide bonds. The second-order valence-corrected chi connectivity index (χ2v) is 4.82. The summed E-state index contributed by atoms with van der Waals surface area (Å²) in [5.74, 6) is -0.215. The van der Waals surface area contributed by atoms with E-state index in [2.05, 4.69) is 5.32 Å². The molecule has 0 unspecified atom stereocenters. The molecule has 2 aromatic rings. The first-order chi connectivity index (χ1) is 9.54. The Hall–Kier alpha value is -2.20. The summed E-state index contributed by atoms with van der Waals surface area (Å²) < 4.78 is 1.66. The number of halogens is 1. The highest BCUT2D eigenvalue weighted by Crippen LogP contribution is 2.14. The van der Waals surface area contributed by atoms with E-state index >= 15 is 0 Å². The molecule has 1 aromatic carbocycles. The van der Waals surface area contributed by atoms with Gasteiger partial charge in [-0.05, 0) is 31.2 Å². The third-order valence-electron chi connectivity index (χ3n) is 2.70. The van der Waals surface area contributed by atoms with Gasteiger partial charge in [-0.2, -0.15) is 4.57 Å². The first kappa shape index (κ1) is 14.2. The number of benzene rings is 1. The van der Waals surface area contributed by atoms with Crippen molar-refractivity contribution in [1.82, 2.24) is 0 Å². The Balaban J connectivity index is 2.04. The molecule has 0 saturated heterocycles. The summed E-state index contributed by atoms with van der Waals surface area (Å²) in [4.78, 5) is 23.2. The molecule has 2 rings (SSSR count). The molecule has 0 aliphatic heterocycles. The fourth-order valence-corrected chi connectivity index (χ4v) is 1.95. The summed E-state index contributed by atoms with van der Waals surface area (Å²) in [7, 11) is 0. The van der Waals surface area contributed by atoms with Gasteiger partial charge >= 0.3 is 0 Å². The first-order valence-corrected chi connectivity index (χ1v) is 6.48. The van der Waals surface area contributed by atoms with Gasteiger partial charge in [-0.1, -0.05) is 17.7 Å². The number of amides is 1.